The average Bonchev–Trinajstić information content (AvgIpc) is 3.86. The van der Waals surface area contributed by atoms with Crippen LogP contribution in [0.25, 0.3) is 0 Å². The van der Waals surface area contributed by atoms with E-state index in [4.69, 9.17) is 0 Å². The number of rotatable bonds is 11. The Morgan fingerprint density at radius 3 is 2.08 bits per heavy atom. The molecule has 4 atom stereocenters. The van der Waals surface area contributed by atoms with Gasteiger partial charge in [-0.1, -0.05) is 105 Å². The lowest BCUT2D eigenvalue weighted by Gasteiger charge is -2.32. The summed E-state index contributed by atoms with van der Waals surface area (Å²) in [6, 6.07) is 28.4. The van der Waals surface area contributed by atoms with Gasteiger partial charge in [-0.2, -0.15) is 0 Å². The van der Waals surface area contributed by atoms with Crippen LogP contribution in [-0.4, -0.2) is 34.5 Å². The smallest absolute Gasteiger partial charge is 0.230 e. The molecule has 40 heavy (non-hydrogen) atoms. The van der Waals surface area contributed by atoms with Crippen molar-refractivity contribution in [3.8, 4) is 0 Å². The molecule has 2 saturated carbocycles. The predicted octanol–water partition coefficient (Wildman–Crippen LogP) is 6.50. The number of nitrogens with zero attached hydrogens (tertiary/aromatic N) is 1. The molecule has 0 bridgehead atoms. The minimum Gasteiger partial charge on any atom is -0.394 e. The summed E-state index contributed by atoms with van der Waals surface area (Å²) >= 11 is 0. The summed E-state index contributed by atoms with van der Waals surface area (Å²) in [5.41, 5.74) is 4.33. The minimum absolute atomic E-state index is 0.0219. The number of benzene rings is 3. The van der Waals surface area contributed by atoms with Crippen molar-refractivity contribution >= 4 is 11.8 Å². The number of carbonyl (C=O) groups excluding carboxylic acids is 2. The Hall–Kier alpha value is -3.44. The second-order valence-electron chi connectivity index (χ2n) is 11.5. The number of aliphatic hydroxyl groups excluding tert-OH is 1. The van der Waals surface area contributed by atoms with Gasteiger partial charge in [-0.3, -0.25) is 9.59 Å². The molecule has 1 unspecified atom stereocenters. The maximum Gasteiger partial charge on any atom is 0.230 e. The molecule has 2 aliphatic rings. The summed E-state index contributed by atoms with van der Waals surface area (Å²) in [4.78, 5) is 29.2. The summed E-state index contributed by atoms with van der Waals surface area (Å²) in [6.07, 6.45) is 6.93. The van der Waals surface area contributed by atoms with Crippen molar-refractivity contribution in [2.45, 2.75) is 82.3 Å². The number of nitrogens with one attached hydrogen (secondary N) is 1. The average molecular weight is 539 g/mol. The van der Waals surface area contributed by atoms with Gasteiger partial charge in [-0.05, 0) is 60.3 Å². The molecule has 210 valence electrons. The van der Waals surface area contributed by atoms with Gasteiger partial charge in [0.05, 0.1) is 18.6 Å². The lowest BCUT2D eigenvalue weighted by atomic mass is 9.74. The highest BCUT2D eigenvalue weighted by atomic mass is 16.3. The second kappa shape index (κ2) is 13.3. The Labute approximate surface area is 238 Å². The molecule has 5 nitrogen and oxygen atoms in total. The molecule has 2 fully saturated rings. The third-order valence-corrected chi connectivity index (χ3v) is 8.74. The highest BCUT2D eigenvalue weighted by Gasteiger charge is 2.36. The van der Waals surface area contributed by atoms with Crippen LogP contribution in [-0.2, 0) is 16.1 Å². The maximum absolute atomic E-state index is 13.7. The predicted molar refractivity (Wildman–Crippen MR) is 159 cm³/mol. The van der Waals surface area contributed by atoms with Crippen LogP contribution in [0.3, 0.4) is 0 Å². The fraction of sp³-hybridized carbons (Fsp3) is 0.429. The van der Waals surface area contributed by atoms with Crippen LogP contribution < -0.4 is 5.32 Å². The Morgan fingerprint density at radius 2 is 1.48 bits per heavy atom. The van der Waals surface area contributed by atoms with Crippen molar-refractivity contribution in [1.82, 2.24) is 10.2 Å². The van der Waals surface area contributed by atoms with Crippen molar-refractivity contribution in [3.63, 3.8) is 0 Å². The fourth-order valence-corrected chi connectivity index (χ4v) is 6.32. The minimum atomic E-state index is -0.396. The number of carbonyl (C=O) groups is 2. The molecule has 0 heterocycles. The van der Waals surface area contributed by atoms with Crippen LogP contribution in [0.4, 0.5) is 0 Å². The zero-order chi connectivity index (χ0) is 27.9. The van der Waals surface area contributed by atoms with E-state index < -0.39 is 6.04 Å². The van der Waals surface area contributed by atoms with Crippen molar-refractivity contribution in [1.29, 1.82) is 0 Å². The van der Waals surface area contributed by atoms with E-state index in [1.165, 1.54) is 5.56 Å². The van der Waals surface area contributed by atoms with Crippen molar-refractivity contribution in [2.75, 3.05) is 6.61 Å². The van der Waals surface area contributed by atoms with Crippen molar-refractivity contribution in [3.05, 3.63) is 107 Å². The van der Waals surface area contributed by atoms with Crippen LogP contribution in [0.1, 0.15) is 92.0 Å². The van der Waals surface area contributed by atoms with Gasteiger partial charge in [0.1, 0.15) is 0 Å². The normalized spacial score (nSPS) is 20.4. The van der Waals surface area contributed by atoms with E-state index in [0.717, 1.165) is 61.6 Å². The molecular formula is C35H42N2O3. The quantitative estimate of drug-likeness (QED) is 0.293. The molecule has 3 aromatic carbocycles. The first kappa shape index (κ1) is 28.1. The zero-order valence-electron chi connectivity index (χ0n) is 23.5. The summed E-state index contributed by atoms with van der Waals surface area (Å²) in [7, 11) is 0. The Balaban J connectivity index is 1.27. The van der Waals surface area contributed by atoms with E-state index in [2.05, 4.69) is 53.5 Å². The molecule has 3 aromatic rings. The third-order valence-electron chi connectivity index (χ3n) is 8.74. The number of aliphatic hydroxyl groups is 1. The van der Waals surface area contributed by atoms with Gasteiger partial charge in [0.15, 0.2) is 0 Å². The lowest BCUT2D eigenvalue weighted by Crippen LogP contribution is -2.39. The van der Waals surface area contributed by atoms with Crippen LogP contribution in [0, 0.1) is 5.92 Å². The Bertz CT molecular complexity index is 1240. The van der Waals surface area contributed by atoms with Gasteiger partial charge in [0.2, 0.25) is 11.8 Å². The van der Waals surface area contributed by atoms with Gasteiger partial charge >= 0.3 is 0 Å². The van der Waals surface area contributed by atoms with E-state index in [-0.39, 0.29) is 36.2 Å². The second-order valence-corrected chi connectivity index (χ2v) is 11.5. The van der Waals surface area contributed by atoms with E-state index in [1.807, 2.05) is 48.5 Å². The van der Waals surface area contributed by atoms with Crippen molar-refractivity contribution < 1.29 is 14.7 Å². The summed E-state index contributed by atoms with van der Waals surface area (Å²) < 4.78 is 0. The maximum atomic E-state index is 13.7. The highest BCUT2D eigenvalue weighted by molar-refractivity contribution is 5.84. The topological polar surface area (TPSA) is 69.6 Å². The molecule has 2 N–H and O–H groups in total. The molecule has 0 aromatic heterocycles. The molecule has 0 radical (unpaired) electrons. The third kappa shape index (κ3) is 6.64. The van der Waals surface area contributed by atoms with Gasteiger partial charge in [0.25, 0.3) is 0 Å². The monoisotopic (exact) mass is 538 g/mol. The summed E-state index contributed by atoms with van der Waals surface area (Å²) in [6.45, 7) is 2.59. The van der Waals surface area contributed by atoms with E-state index >= 15 is 0 Å². The van der Waals surface area contributed by atoms with Gasteiger partial charge < -0.3 is 15.3 Å². The Morgan fingerprint density at radius 1 is 0.850 bits per heavy atom. The molecule has 5 heteroatoms. The zero-order valence-corrected chi connectivity index (χ0v) is 23.5. The summed E-state index contributed by atoms with van der Waals surface area (Å²) in [5, 5.41) is 13.1. The van der Waals surface area contributed by atoms with Gasteiger partial charge in [-0.15, -0.1) is 0 Å². The highest BCUT2D eigenvalue weighted by Crippen LogP contribution is 2.39. The first-order valence-corrected chi connectivity index (χ1v) is 15.0. The molecule has 5 rings (SSSR count). The van der Waals surface area contributed by atoms with Crippen LogP contribution in [0.2, 0.25) is 0 Å². The molecule has 2 amide bonds. The number of hydrogen-bond acceptors (Lipinski definition) is 3. The first-order chi connectivity index (χ1) is 19.6. The molecule has 0 spiro atoms. The first-order valence-electron chi connectivity index (χ1n) is 15.0. The molecular weight excluding hydrogens is 496 g/mol. The Kier molecular flexibility index (Phi) is 9.33. The number of hydrogen-bond donors (Lipinski definition) is 2. The SMILES string of the molecule is CCC(C(=O)N(Cc1ccc([C@H]2CCCC[C@@H]2C(=O)N[C@@H](CO)c2ccccc2)cc1)C1CC1)c1ccccc1. The molecule has 2 aliphatic carbocycles. The lowest BCUT2D eigenvalue weighted by molar-refractivity contribution is -0.134. The molecule has 0 saturated heterocycles. The largest absolute Gasteiger partial charge is 0.394 e. The van der Waals surface area contributed by atoms with E-state index in [9.17, 15) is 14.7 Å². The van der Waals surface area contributed by atoms with Crippen LogP contribution >= 0.6 is 0 Å². The van der Waals surface area contributed by atoms with E-state index in [0.29, 0.717) is 12.6 Å². The summed E-state index contributed by atoms with van der Waals surface area (Å²) in [5.74, 6) is 0.177. The molecule has 0 aliphatic heterocycles. The van der Waals surface area contributed by atoms with Crippen LogP contribution in [0.5, 0.6) is 0 Å². The standard InChI is InChI=1S/C35H42N2O3/c1-2-30(26-11-5-3-6-12-26)35(40)37(29-21-22-29)23-25-17-19-27(20-18-25)31-15-9-10-16-32(31)34(39)36-33(24-38)28-13-7-4-8-14-28/h3-8,11-14,17-20,29-33,38H,2,9-10,15-16,21-24H2,1H3,(H,36,39)/t30?,31-,32+,33+/m1/s1. The van der Waals surface area contributed by atoms with Crippen molar-refractivity contribution in [2.24, 2.45) is 5.92 Å². The van der Waals surface area contributed by atoms with Gasteiger partial charge in [-0.25, -0.2) is 0 Å². The van der Waals surface area contributed by atoms with E-state index in [1.54, 1.807) is 0 Å². The number of amides is 2. The van der Waals surface area contributed by atoms with Crippen LogP contribution in [0.15, 0.2) is 84.9 Å². The van der Waals surface area contributed by atoms with Gasteiger partial charge in [0, 0.05) is 18.5 Å². The fourth-order valence-electron chi connectivity index (χ4n) is 6.32.